The fraction of sp³-hybridized carbons (Fsp3) is 0.273. The predicted molar refractivity (Wildman–Crippen MR) is 120 cm³/mol. The third-order valence-corrected chi connectivity index (χ3v) is 6.90. The second-order valence-corrected chi connectivity index (χ2v) is 9.47. The van der Waals surface area contributed by atoms with Crippen LogP contribution in [0.25, 0.3) is 0 Å². The van der Waals surface area contributed by atoms with Gasteiger partial charge in [0.15, 0.2) is 5.78 Å². The molecule has 1 atom stereocenters. The molecule has 2 N–H and O–H groups in total. The fourth-order valence-electron chi connectivity index (χ4n) is 4.44. The lowest BCUT2D eigenvalue weighted by molar-refractivity contribution is -0.384. The van der Waals surface area contributed by atoms with Crippen LogP contribution in [-0.2, 0) is 4.79 Å². The second-order valence-electron chi connectivity index (χ2n) is 7.57. The Kier molecular flexibility index (Phi) is 5.33. The Morgan fingerprint density at radius 2 is 2.06 bits per heavy atom. The van der Waals surface area contributed by atoms with Gasteiger partial charge in [-0.15, -0.1) is 11.3 Å². The van der Waals surface area contributed by atoms with Crippen molar-refractivity contribution >= 4 is 40.1 Å². The van der Waals surface area contributed by atoms with Crippen LogP contribution in [0.15, 0.2) is 46.9 Å². The maximum absolute atomic E-state index is 13.1. The number of hydrogen-bond acceptors (Lipinski definition) is 7. The van der Waals surface area contributed by atoms with E-state index in [9.17, 15) is 20.2 Å². The van der Waals surface area contributed by atoms with Crippen LogP contribution in [0, 0.1) is 35.3 Å². The van der Waals surface area contributed by atoms with E-state index in [1.54, 1.807) is 11.3 Å². The van der Waals surface area contributed by atoms with Crippen molar-refractivity contribution in [3.63, 3.8) is 0 Å². The van der Waals surface area contributed by atoms with Crippen LogP contribution in [0.3, 0.4) is 0 Å². The Bertz CT molecular complexity index is 1240. The van der Waals surface area contributed by atoms with E-state index in [4.69, 9.17) is 17.3 Å². The Morgan fingerprint density at radius 1 is 1.32 bits per heavy atom. The maximum Gasteiger partial charge on any atom is 0.294 e. The van der Waals surface area contributed by atoms with Gasteiger partial charge in [0.1, 0.15) is 11.5 Å². The number of nitrogens with two attached hydrogens (primary N) is 1. The lowest BCUT2D eigenvalue weighted by Gasteiger charge is -2.39. The highest BCUT2D eigenvalue weighted by Crippen LogP contribution is 2.49. The number of anilines is 1. The third kappa shape index (κ3) is 3.40. The number of Topliss-reactive ketones (excluding diaryl/α,β-unsaturated/α-hetero) is 1. The van der Waals surface area contributed by atoms with Crippen LogP contribution in [0.5, 0.6) is 0 Å². The van der Waals surface area contributed by atoms with Gasteiger partial charge in [-0.1, -0.05) is 11.6 Å². The van der Waals surface area contributed by atoms with E-state index < -0.39 is 10.8 Å². The molecule has 1 aromatic heterocycles. The molecule has 0 amide bonds. The monoisotopic (exact) mass is 454 g/mol. The highest BCUT2D eigenvalue weighted by molar-refractivity contribution is 7.12. The number of carbonyl (C=O) groups excluding carboxylic acids is 1. The van der Waals surface area contributed by atoms with Gasteiger partial charge in [-0.05, 0) is 50.5 Å². The molecule has 4 rings (SSSR count). The molecule has 9 heteroatoms. The summed E-state index contributed by atoms with van der Waals surface area (Å²) in [5.41, 5.74) is 8.68. The number of carbonyl (C=O) groups is 1. The standard InChI is InChI=1S/C22H19ClN4O3S/c1-11-8-14(12(2)31-11)20-15(10-24)22(25)26(17-4-3-5-19(28)21(17)20)16-7-6-13(23)9-18(16)27(29)30/h6-9,20H,3-5,25H2,1-2H3/t20-/m0/s1. The zero-order chi connectivity index (χ0) is 22.4. The predicted octanol–water partition coefficient (Wildman–Crippen LogP) is 5.23. The molecule has 0 radical (unpaired) electrons. The van der Waals surface area contributed by atoms with E-state index >= 15 is 0 Å². The minimum atomic E-state index is -0.569. The van der Waals surface area contributed by atoms with Crippen molar-refractivity contribution in [2.45, 2.75) is 39.0 Å². The van der Waals surface area contributed by atoms with E-state index in [0.717, 1.165) is 15.3 Å². The van der Waals surface area contributed by atoms with Crippen molar-refractivity contribution in [2.24, 2.45) is 5.73 Å². The quantitative estimate of drug-likeness (QED) is 0.501. The van der Waals surface area contributed by atoms with Gasteiger partial charge < -0.3 is 5.73 Å². The summed E-state index contributed by atoms with van der Waals surface area (Å²) >= 11 is 7.59. The molecule has 2 aromatic rings. The van der Waals surface area contributed by atoms with E-state index in [1.807, 2.05) is 19.9 Å². The van der Waals surface area contributed by atoms with Crippen molar-refractivity contribution in [1.29, 1.82) is 5.26 Å². The van der Waals surface area contributed by atoms with Crippen molar-refractivity contribution in [3.8, 4) is 6.07 Å². The summed E-state index contributed by atoms with van der Waals surface area (Å²) in [6.07, 6.45) is 1.50. The van der Waals surface area contributed by atoms with Crippen molar-refractivity contribution in [3.05, 3.63) is 77.4 Å². The van der Waals surface area contributed by atoms with Gasteiger partial charge in [0.05, 0.1) is 22.5 Å². The number of nitro groups is 1. The number of halogens is 1. The molecule has 2 aliphatic rings. The average Bonchev–Trinajstić information content (AvgIpc) is 3.05. The number of hydrogen-bond donors (Lipinski definition) is 1. The van der Waals surface area contributed by atoms with Crippen molar-refractivity contribution < 1.29 is 9.72 Å². The minimum absolute atomic E-state index is 0.0589. The summed E-state index contributed by atoms with van der Waals surface area (Å²) < 4.78 is 0. The molecule has 0 unspecified atom stereocenters. The summed E-state index contributed by atoms with van der Waals surface area (Å²) in [6, 6.07) is 8.47. The number of aryl methyl sites for hydroxylation is 2. The highest BCUT2D eigenvalue weighted by atomic mass is 35.5. The van der Waals surface area contributed by atoms with Crippen LogP contribution in [-0.4, -0.2) is 10.7 Å². The number of ketones is 1. The number of nitriles is 1. The summed E-state index contributed by atoms with van der Waals surface area (Å²) in [4.78, 5) is 27.9. The first-order chi connectivity index (χ1) is 14.7. The smallest absolute Gasteiger partial charge is 0.294 e. The lowest BCUT2D eigenvalue weighted by atomic mass is 9.75. The Balaban J connectivity index is 2.03. The number of allylic oxidation sites excluding steroid dienone is 3. The SMILES string of the molecule is Cc1cc([C@H]2C(C#N)=C(N)N(c3ccc(Cl)cc3[N+](=O)[O-])C3=C2C(=O)CCC3)c(C)s1. The zero-order valence-electron chi connectivity index (χ0n) is 16.9. The lowest BCUT2D eigenvalue weighted by Crippen LogP contribution is -2.39. The van der Waals surface area contributed by atoms with Gasteiger partial charge in [-0.3, -0.25) is 19.8 Å². The first-order valence-electron chi connectivity index (χ1n) is 9.71. The number of nitro benzene ring substituents is 1. The van der Waals surface area contributed by atoms with Crippen LogP contribution in [0.1, 0.15) is 40.5 Å². The molecule has 2 heterocycles. The summed E-state index contributed by atoms with van der Waals surface area (Å²) in [5, 5.41) is 22.0. The van der Waals surface area contributed by atoms with Gasteiger partial charge in [0.2, 0.25) is 0 Å². The van der Waals surface area contributed by atoms with E-state index in [0.29, 0.717) is 30.5 Å². The molecule has 1 aromatic carbocycles. The first kappa shape index (κ1) is 21.1. The van der Waals surface area contributed by atoms with Gasteiger partial charge in [-0.2, -0.15) is 5.26 Å². The molecule has 158 valence electrons. The van der Waals surface area contributed by atoms with Gasteiger partial charge in [0.25, 0.3) is 5.69 Å². The van der Waals surface area contributed by atoms with Crippen LogP contribution in [0.2, 0.25) is 5.02 Å². The first-order valence-corrected chi connectivity index (χ1v) is 10.9. The number of benzene rings is 1. The van der Waals surface area contributed by atoms with Crippen LogP contribution < -0.4 is 10.6 Å². The number of thiophene rings is 1. The normalized spacial score (nSPS) is 18.8. The van der Waals surface area contributed by atoms with Gasteiger partial charge in [-0.25, -0.2) is 0 Å². The Morgan fingerprint density at radius 3 is 2.68 bits per heavy atom. The molecule has 0 bridgehead atoms. The van der Waals surface area contributed by atoms with Gasteiger partial charge in [0, 0.05) is 38.5 Å². The largest absolute Gasteiger partial charge is 0.384 e. The summed E-state index contributed by atoms with van der Waals surface area (Å²) in [5.74, 6) is -0.522. The van der Waals surface area contributed by atoms with E-state index in [-0.39, 0.29) is 33.6 Å². The van der Waals surface area contributed by atoms with E-state index in [2.05, 4.69) is 6.07 Å². The van der Waals surface area contributed by atoms with Crippen LogP contribution in [0.4, 0.5) is 11.4 Å². The molecular formula is C22H19ClN4O3S. The average molecular weight is 455 g/mol. The topological polar surface area (TPSA) is 113 Å². The van der Waals surface area contributed by atoms with Crippen molar-refractivity contribution in [2.75, 3.05) is 4.90 Å². The molecule has 7 nitrogen and oxygen atoms in total. The molecule has 0 fully saturated rings. The maximum atomic E-state index is 13.1. The van der Waals surface area contributed by atoms with Crippen molar-refractivity contribution in [1.82, 2.24) is 0 Å². The molecular weight excluding hydrogens is 436 g/mol. The summed E-state index contributed by atoms with van der Waals surface area (Å²) in [6.45, 7) is 3.94. The highest BCUT2D eigenvalue weighted by Gasteiger charge is 2.42. The van der Waals surface area contributed by atoms with Crippen LogP contribution >= 0.6 is 22.9 Å². The Labute approximate surface area is 188 Å². The molecule has 1 aliphatic carbocycles. The number of nitrogens with zero attached hydrogens (tertiary/aromatic N) is 3. The fourth-order valence-corrected chi connectivity index (χ4v) is 5.57. The molecule has 0 spiro atoms. The summed E-state index contributed by atoms with van der Waals surface area (Å²) in [7, 11) is 0. The second kappa shape index (κ2) is 7.84. The zero-order valence-corrected chi connectivity index (χ0v) is 18.5. The van der Waals surface area contributed by atoms with E-state index in [1.165, 1.54) is 23.1 Å². The van der Waals surface area contributed by atoms with Gasteiger partial charge >= 0.3 is 0 Å². The molecule has 0 saturated heterocycles. The molecule has 0 saturated carbocycles. The minimum Gasteiger partial charge on any atom is -0.384 e. The molecule has 31 heavy (non-hydrogen) atoms. The third-order valence-electron chi connectivity index (χ3n) is 5.68. The molecule has 1 aliphatic heterocycles. The Hall–Kier alpha value is -3.15. The number of rotatable bonds is 3.